The topological polar surface area (TPSA) is 116 Å². The van der Waals surface area contributed by atoms with Gasteiger partial charge in [0.1, 0.15) is 30.3 Å². The summed E-state index contributed by atoms with van der Waals surface area (Å²) in [6.07, 6.45) is 0.995. The van der Waals surface area contributed by atoms with Crippen LogP contribution in [-0.4, -0.2) is 44.3 Å². The number of hydrogen-bond acceptors (Lipinski definition) is 6. The van der Waals surface area contributed by atoms with Crippen LogP contribution >= 0.6 is 0 Å². The van der Waals surface area contributed by atoms with Gasteiger partial charge in [-0.15, -0.1) is 0 Å². The van der Waals surface area contributed by atoms with Crippen LogP contribution in [0.4, 0.5) is 21.0 Å². The van der Waals surface area contributed by atoms with E-state index in [1.54, 1.807) is 18.5 Å². The van der Waals surface area contributed by atoms with E-state index in [1.807, 2.05) is 37.3 Å². The summed E-state index contributed by atoms with van der Waals surface area (Å²) >= 11 is 0. The first-order valence-electron chi connectivity index (χ1n) is 12.5. The Morgan fingerprint density at radius 2 is 1.90 bits per heavy atom. The first-order chi connectivity index (χ1) is 18.9. The van der Waals surface area contributed by atoms with Gasteiger partial charge in [0.2, 0.25) is 5.95 Å². The van der Waals surface area contributed by atoms with E-state index in [0.717, 1.165) is 50.6 Å². The fraction of sp³-hybridized carbons (Fsp3) is 0.172. The van der Waals surface area contributed by atoms with E-state index < -0.39 is 6.09 Å². The second kappa shape index (κ2) is 10.1. The molecule has 5 aromatic rings. The molecule has 0 spiro atoms. The highest BCUT2D eigenvalue weighted by Crippen LogP contribution is 2.33. The summed E-state index contributed by atoms with van der Waals surface area (Å²) in [6.45, 7) is 3.71. The van der Waals surface area contributed by atoms with E-state index in [2.05, 4.69) is 36.2 Å². The van der Waals surface area contributed by atoms with Gasteiger partial charge < -0.3 is 19.7 Å². The van der Waals surface area contributed by atoms with Gasteiger partial charge in [-0.25, -0.2) is 24.1 Å². The zero-order valence-corrected chi connectivity index (χ0v) is 21.1. The van der Waals surface area contributed by atoms with Gasteiger partial charge >= 0.3 is 6.09 Å². The normalized spacial score (nSPS) is 13.0. The van der Waals surface area contributed by atoms with Gasteiger partial charge in [-0.1, -0.05) is 24.3 Å². The number of H-pyrrole nitrogens is 1. The summed E-state index contributed by atoms with van der Waals surface area (Å²) in [5, 5.41) is 11.2. The molecule has 1 amide bonds. The lowest BCUT2D eigenvalue weighted by Crippen LogP contribution is -2.28. The van der Waals surface area contributed by atoms with E-state index in [-0.39, 0.29) is 11.8 Å². The number of rotatable bonds is 5. The highest BCUT2D eigenvalue weighted by molar-refractivity contribution is 5.87. The molecule has 196 valence electrons. The lowest BCUT2D eigenvalue weighted by atomic mass is 10.0. The minimum Gasteiger partial charge on any atom is -0.491 e. The Bertz CT molecular complexity index is 1690. The number of nitrogens with zero attached hydrogens (tertiary/aromatic N) is 4. The summed E-state index contributed by atoms with van der Waals surface area (Å²) in [5.74, 6) is 1.58. The van der Waals surface area contributed by atoms with Crippen molar-refractivity contribution >= 4 is 28.9 Å². The van der Waals surface area contributed by atoms with Gasteiger partial charge in [0.25, 0.3) is 0 Å². The number of anilines is 2. The van der Waals surface area contributed by atoms with Gasteiger partial charge in [0.05, 0.1) is 17.6 Å². The number of aryl methyl sites for hydroxylation is 1. The SMILES string of the molecule is Cc1ncnc(N2CCOc3ccc(-c4ccc5nc(NC(=O)O)[nH]c5c4)cc3C2)c1Cc1ccc(F)cc1. The molecule has 3 aromatic carbocycles. The molecule has 2 aromatic heterocycles. The van der Waals surface area contributed by atoms with Crippen molar-refractivity contribution < 1.29 is 19.0 Å². The average molecular weight is 525 g/mol. The second-order valence-corrected chi connectivity index (χ2v) is 9.40. The average Bonchev–Trinajstić information content (AvgIpc) is 3.19. The number of benzene rings is 3. The molecule has 39 heavy (non-hydrogen) atoms. The third-order valence-electron chi connectivity index (χ3n) is 6.81. The summed E-state index contributed by atoms with van der Waals surface area (Å²) in [7, 11) is 0. The molecule has 9 nitrogen and oxygen atoms in total. The van der Waals surface area contributed by atoms with Gasteiger partial charge in [0, 0.05) is 29.8 Å². The number of ether oxygens (including phenoxy) is 1. The molecule has 0 saturated carbocycles. The maximum absolute atomic E-state index is 13.5. The molecular weight excluding hydrogens is 499 g/mol. The van der Waals surface area contributed by atoms with E-state index in [4.69, 9.17) is 9.84 Å². The minimum absolute atomic E-state index is 0.178. The predicted octanol–water partition coefficient (Wildman–Crippen LogP) is 5.55. The number of carbonyl (C=O) groups is 1. The van der Waals surface area contributed by atoms with E-state index in [0.29, 0.717) is 31.6 Å². The van der Waals surface area contributed by atoms with Crippen molar-refractivity contribution in [1.82, 2.24) is 19.9 Å². The molecule has 6 rings (SSSR count). The van der Waals surface area contributed by atoms with Crippen LogP contribution in [0.2, 0.25) is 0 Å². The second-order valence-electron chi connectivity index (χ2n) is 9.40. The lowest BCUT2D eigenvalue weighted by Gasteiger charge is -2.24. The smallest absolute Gasteiger partial charge is 0.411 e. The Kier molecular flexibility index (Phi) is 6.28. The molecule has 10 heteroatoms. The number of halogens is 1. The summed E-state index contributed by atoms with van der Waals surface area (Å²) in [6, 6.07) is 18.4. The number of aromatic nitrogens is 4. The Morgan fingerprint density at radius 1 is 1.10 bits per heavy atom. The number of carboxylic acid groups (broad SMARTS) is 1. The number of amides is 1. The van der Waals surface area contributed by atoms with Crippen molar-refractivity contribution in [1.29, 1.82) is 0 Å². The van der Waals surface area contributed by atoms with Crippen LogP contribution < -0.4 is 15.0 Å². The van der Waals surface area contributed by atoms with Gasteiger partial charge in [-0.05, 0) is 60.0 Å². The molecule has 0 aliphatic carbocycles. The van der Waals surface area contributed by atoms with Crippen molar-refractivity contribution in [3.05, 3.63) is 95.2 Å². The molecule has 3 N–H and O–H groups in total. The van der Waals surface area contributed by atoms with Crippen LogP contribution in [0.3, 0.4) is 0 Å². The zero-order valence-electron chi connectivity index (χ0n) is 21.1. The summed E-state index contributed by atoms with van der Waals surface area (Å²) < 4.78 is 19.6. The number of imidazole rings is 1. The molecule has 0 fully saturated rings. The molecule has 0 radical (unpaired) electrons. The molecule has 0 saturated heterocycles. The Hall–Kier alpha value is -4.99. The van der Waals surface area contributed by atoms with Crippen LogP contribution in [-0.2, 0) is 13.0 Å². The fourth-order valence-corrected chi connectivity index (χ4v) is 4.88. The molecule has 0 atom stereocenters. The molecule has 3 heterocycles. The van der Waals surface area contributed by atoms with Crippen LogP contribution in [0.1, 0.15) is 22.4 Å². The molecule has 0 unspecified atom stereocenters. The van der Waals surface area contributed by atoms with Gasteiger partial charge in [-0.3, -0.25) is 5.32 Å². The van der Waals surface area contributed by atoms with E-state index in [9.17, 15) is 9.18 Å². The van der Waals surface area contributed by atoms with E-state index in [1.165, 1.54) is 12.1 Å². The number of hydrogen-bond donors (Lipinski definition) is 3. The first-order valence-corrected chi connectivity index (χ1v) is 12.5. The van der Waals surface area contributed by atoms with Crippen molar-refractivity contribution in [3.8, 4) is 16.9 Å². The van der Waals surface area contributed by atoms with Crippen LogP contribution in [0.15, 0.2) is 67.0 Å². The summed E-state index contributed by atoms with van der Waals surface area (Å²) in [5.41, 5.74) is 7.24. The highest BCUT2D eigenvalue weighted by atomic mass is 19.1. The van der Waals surface area contributed by atoms with Crippen molar-refractivity contribution in [2.24, 2.45) is 0 Å². The molecule has 1 aliphatic rings. The van der Waals surface area contributed by atoms with Crippen molar-refractivity contribution in [2.45, 2.75) is 19.9 Å². The fourth-order valence-electron chi connectivity index (χ4n) is 4.88. The maximum atomic E-state index is 13.5. The quantitative estimate of drug-likeness (QED) is 0.276. The zero-order chi connectivity index (χ0) is 26.9. The third kappa shape index (κ3) is 5.08. The predicted molar refractivity (Wildman–Crippen MR) is 146 cm³/mol. The van der Waals surface area contributed by atoms with Crippen LogP contribution in [0.5, 0.6) is 5.75 Å². The number of nitrogens with one attached hydrogen (secondary N) is 2. The first kappa shape index (κ1) is 24.4. The lowest BCUT2D eigenvalue weighted by molar-refractivity contribution is 0.209. The standard InChI is InChI=1S/C29H25FN6O3/c1-17-23(12-18-2-6-22(30)7-3-18)27(32-16-31-17)36-10-11-39-26-9-5-19(13-21(26)15-36)20-4-8-24-25(14-20)34-28(33-24)35-29(37)38/h2-9,13-14,16H,10-12,15H2,1H3,(H,37,38)(H2,33,34,35). The third-order valence-corrected chi connectivity index (χ3v) is 6.81. The Balaban J connectivity index is 1.31. The molecule has 1 aliphatic heterocycles. The van der Waals surface area contributed by atoms with Crippen LogP contribution in [0, 0.1) is 12.7 Å². The Labute approximate surface area is 223 Å². The number of fused-ring (bicyclic) bond motifs is 2. The number of aromatic amines is 1. The minimum atomic E-state index is -1.18. The molecular formula is C29H25FN6O3. The van der Waals surface area contributed by atoms with E-state index >= 15 is 0 Å². The molecule has 0 bridgehead atoms. The maximum Gasteiger partial charge on any atom is 0.411 e. The van der Waals surface area contributed by atoms with Crippen LogP contribution in [0.25, 0.3) is 22.2 Å². The van der Waals surface area contributed by atoms with Crippen molar-refractivity contribution in [2.75, 3.05) is 23.4 Å². The summed E-state index contributed by atoms with van der Waals surface area (Å²) in [4.78, 5) is 29.5. The monoisotopic (exact) mass is 524 g/mol. The Morgan fingerprint density at radius 3 is 2.72 bits per heavy atom. The van der Waals surface area contributed by atoms with Gasteiger partial charge in [0.15, 0.2) is 0 Å². The van der Waals surface area contributed by atoms with Gasteiger partial charge in [-0.2, -0.15) is 0 Å². The highest BCUT2D eigenvalue weighted by Gasteiger charge is 2.21. The van der Waals surface area contributed by atoms with Crippen molar-refractivity contribution in [3.63, 3.8) is 0 Å². The largest absolute Gasteiger partial charge is 0.491 e.